The largest absolute Gasteiger partial charge is 0.493 e. The van der Waals surface area contributed by atoms with Crippen LogP contribution in [0.2, 0.25) is 5.02 Å². The van der Waals surface area contributed by atoms with Gasteiger partial charge in [0.25, 0.3) is 0 Å². The molecule has 0 heterocycles. The van der Waals surface area contributed by atoms with Gasteiger partial charge in [-0.05, 0) is 54.0 Å². The Labute approximate surface area is 193 Å². The van der Waals surface area contributed by atoms with Crippen LogP contribution in [0, 0.1) is 0 Å². The number of hydrazone groups is 1. The highest BCUT2D eigenvalue weighted by Crippen LogP contribution is 2.36. The number of ether oxygens (including phenoxy) is 4. The lowest BCUT2D eigenvalue weighted by molar-refractivity contribution is 0.206. The van der Waals surface area contributed by atoms with Crippen molar-refractivity contribution in [2.24, 2.45) is 5.10 Å². The van der Waals surface area contributed by atoms with Crippen LogP contribution in [0.1, 0.15) is 11.1 Å². The molecule has 0 aromatic heterocycles. The highest BCUT2D eigenvalue weighted by atomic mass is 35.5. The van der Waals surface area contributed by atoms with Gasteiger partial charge < -0.3 is 24.3 Å². The predicted octanol–water partition coefficient (Wildman–Crippen LogP) is 3.97. The predicted molar refractivity (Wildman–Crippen MR) is 128 cm³/mol. The molecule has 2 rings (SSSR count). The molecule has 2 aromatic rings. The number of hydrogen-bond acceptors (Lipinski definition) is 6. The van der Waals surface area contributed by atoms with Crippen LogP contribution in [0.3, 0.4) is 0 Å². The van der Waals surface area contributed by atoms with E-state index in [0.717, 1.165) is 17.5 Å². The van der Waals surface area contributed by atoms with Crippen LogP contribution in [-0.4, -0.2) is 45.8 Å². The molecule has 2 aromatic carbocycles. The Balaban J connectivity index is 1.99. The minimum atomic E-state index is 0.263. The van der Waals surface area contributed by atoms with Crippen molar-refractivity contribution >= 4 is 35.1 Å². The van der Waals surface area contributed by atoms with E-state index in [0.29, 0.717) is 39.7 Å². The summed E-state index contributed by atoms with van der Waals surface area (Å²) in [5.41, 5.74) is 4.49. The van der Waals surface area contributed by atoms with Crippen molar-refractivity contribution < 1.29 is 18.9 Å². The van der Waals surface area contributed by atoms with Gasteiger partial charge in [0, 0.05) is 7.05 Å². The molecule has 0 bridgehead atoms. The lowest BCUT2D eigenvalue weighted by Gasteiger charge is -2.15. The second kappa shape index (κ2) is 12.7. The Morgan fingerprint density at radius 3 is 2.52 bits per heavy atom. The van der Waals surface area contributed by atoms with Gasteiger partial charge in [-0.2, -0.15) is 5.10 Å². The molecule has 0 amide bonds. The fourth-order valence-corrected chi connectivity index (χ4v) is 2.92. The summed E-state index contributed by atoms with van der Waals surface area (Å²) in [4.78, 5) is 0. The van der Waals surface area contributed by atoms with Crippen molar-refractivity contribution in [3.63, 3.8) is 0 Å². The van der Waals surface area contributed by atoms with E-state index in [1.807, 2.05) is 24.3 Å². The third-order valence-corrected chi connectivity index (χ3v) is 4.63. The van der Waals surface area contributed by atoms with Gasteiger partial charge in [0.1, 0.15) is 13.2 Å². The van der Waals surface area contributed by atoms with Crippen LogP contribution in [0.25, 0.3) is 0 Å². The maximum absolute atomic E-state index is 6.38. The maximum atomic E-state index is 6.38. The molecule has 31 heavy (non-hydrogen) atoms. The molecule has 2 N–H and O–H groups in total. The van der Waals surface area contributed by atoms with Gasteiger partial charge in [0.2, 0.25) is 0 Å². The van der Waals surface area contributed by atoms with E-state index in [2.05, 4.69) is 22.4 Å². The van der Waals surface area contributed by atoms with Crippen molar-refractivity contribution in [2.45, 2.75) is 6.42 Å². The van der Waals surface area contributed by atoms with E-state index in [4.69, 9.17) is 42.8 Å². The summed E-state index contributed by atoms with van der Waals surface area (Å²) in [6, 6.07) is 9.24. The van der Waals surface area contributed by atoms with Gasteiger partial charge in [0.05, 0.1) is 25.5 Å². The number of rotatable bonds is 11. The number of allylic oxidation sites excluding steroid dienone is 1. The third kappa shape index (κ3) is 7.34. The second-order valence-corrected chi connectivity index (χ2v) is 6.97. The summed E-state index contributed by atoms with van der Waals surface area (Å²) < 4.78 is 22.4. The Morgan fingerprint density at radius 1 is 1.10 bits per heavy atom. The minimum Gasteiger partial charge on any atom is -0.493 e. The van der Waals surface area contributed by atoms with Crippen molar-refractivity contribution in [1.29, 1.82) is 0 Å². The number of nitrogens with one attached hydrogen (secondary N) is 2. The quantitative estimate of drug-likeness (QED) is 0.172. The van der Waals surface area contributed by atoms with E-state index in [1.165, 1.54) is 0 Å². The lowest BCUT2D eigenvalue weighted by atomic mass is 10.1. The first kappa shape index (κ1) is 24.3. The van der Waals surface area contributed by atoms with Crippen LogP contribution in [0.15, 0.2) is 48.1 Å². The molecule has 0 fully saturated rings. The van der Waals surface area contributed by atoms with E-state index in [-0.39, 0.29) is 6.61 Å². The van der Waals surface area contributed by atoms with Crippen LogP contribution in [-0.2, 0) is 6.42 Å². The summed E-state index contributed by atoms with van der Waals surface area (Å²) in [5.74, 6) is 2.20. The summed E-state index contributed by atoms with van der Waals surface area (Å²) in [6.45, 7) is 4.31. The maximum Gasteiger partial charge on any atom is 0.186 e. The Kier molecular flexibility index (Phi) is 9.93. The van der Waals surface area contributed by atoms with Gasteiger partial charge in [-0.3, -0.25) is 5.43 Å². The summed E-state index contributed by atoms with van der Waals surface area (Å²) in [6.07, 6.45) is 4.18. The zero-order valence-electron chi connectivity index (χ0n) is 17.7. The number of thiocarbonyl (C=S) groups is 1. The normalized spacial score (nSPS) is 10.5. The second-order valence-electron chi connectivity index (χ2n) is 6.16. The molecule has 166 valence electrons. The van der Waals surface area contributed by atoms with Crippen LogP contribution < -0.4 is 29.7 Å². The molecule has 0 atom stereocenters. The monoisotopic (exact) mass is 463 g/mol. The highest BCUT2D eigenvalue weighted by Gasteiger charge is 2.12. The molecule has 0 aliphatic carbocycles. The Hall–Kier alpha value is -2.97. The van der Waals surface area contributed by atoms with Gasteiger partial charge in [-0.15, -0.1) is 6.58 Å². The molecule has 0 saturated carbocycles. The van der Waals surface area contributed by atoms with Crippen molar-refractivity contribution in [3.8, 4) is 23.0 Å². The molecule has 0 unspecified atom stereocenters. The highest BCUT2D eigenvalue weighted by molar-refractivity contribution is 7.80. The van der Waals surface area contributed by atoms with Crippen LogP contribution in [0.5, 0.6) is 23.0 Å². The molecule has 7 nitrogen and oxygen atoms in total. The van der Waals surface area contributed by atoms with Gasteiger partial charge in [-0.1, -0.05) is 23.7 Å². The standard InChI is InChI=1S/C22H26ClN3O4S/c1-5-6-15-7-8-18(19(12-15)27-3)29-9-10-30-21-17(23)11-16(13-20(21)28-4)14-25-26-22(31)24-2/h5,7-8,11-14H,1,6,9-10H2,2-4H3,(H2,24,26,31)/b25-14+. The molecule has 0 spiro atoms. The Morgan fingerprint density at radius 2 is 1.84 bits per heavy atom. The summed E-state index contributed by atoms with van der Waals surface area (Å²) in [7, 11) is 4.85. The number of methoxy groups -OCH3 is 2. The number of hydrogen-bond donors (Lipinski definition) is 2. The first-order chi connectivity index (χ1) is 15.0. The van der Waals surface area contributed by atoms with E-state index in [9.17, 15) is 0 Å². The molecule has 0 aliphatic rings. The molecular weight excluding hydrogens is 438 g/mol. The summed E-state index contributed by atoms with van der Waals surface area (Å²) >= 11 is 11.3. The Bertz CT molecular complexity index is 937. The first-order valence-corrected chi connectivity index (χ1v) is 10.2. The first-order valence-electron chi connectivity index (χ1n) is 9.44. The molecular formula is C22H26ClN3O4S. The third-order valence-electron chi connectivity index (χ3n) is 4.05. The van der Waals surface area contributed by atoms with Crippen LogP contribution >= 0.6 is 23.8 Å². The molecule has 9 heteroatoms. The molecule has 0 aliphatic heterocycles. The van der Waals surface area contributed by atoms with Crippen LogP contribution in [0.4, 0.5) is 0 Å². The topological polar surface area (TPSA) is 73.3 Å². The smallest absolute Gasteiger partial charge is 0.186 e. The molecule has 0 saturated heterocycles. The fraction of sp³-hybridized carbons (Fsp3) is 0.273. The minimum absolute atomic E-state index is 0.263. The zero-order chi connectivity index (χ0) is 22.6. The average Bonchev–Trinajstić information content (AvgIpc) is 2.78. The van der Waals surface area contributed by atoms with E-state index < -0.39 is 0 Å². The van der Waals surface area contributed by atoms with E-state index in [1.54, 1.807) is 39.6 Å². The number of nitrogens with zero attached hydrogens (tertiary/aromatic N) is 1. The molecule has 0 radical (unpaired) electrons. The number of halogens is 1. The summed E-state index contributed by atoms with van der Waals surface area (Å²) in [5, 5.41) is 7.59. The SMILES string of the molecule is C=CCc1ccc(OCCOc2c(Cl)cc(/C=N/NC(=S)NC)cc2OC)c(OC)c1. The van der Waals surface area contributed by atoms with E-state index >= 15 is 0 Å². The zero-order valence-corrected chi connectivity index (χ0v) is 19.3. The number of benzene rings is 2. The van der Waals surface area contributed by atoms with Crippen molar-refractivity contribution in [2.75, 3.05) is 34.5 Å². The average molecular weight is 464 g/mol. The van der Waals surface area contributed by atoms with Gasteiger partial charge in [-0.25, -0.2) is 0 Å². The van der Waals surface area contributed by atoms with Crippen molar-refractivity contribution in [3.05, 3.63) is 59.1 Å². The lowest BCUT2D eigenvalue weighted by Crippen LogP contribution is -2.28. The van der Waals surface area contributed by atoms with Gasteiger partial charge in [0.15, 0.2) is 28.1 Å². The van der Waals surface area contributed by atoms with Crippen molar-refractivity contribution in [1.82, 2.24) is 10.7 Å². The van der Waals surface area contributed by atoms with Gasteiger partial charge >= 0.3 is 0 Å². The fourth-order valence-electron chi connectivity index (χ4n) is 2.60.